The van der Waals surface area contributed by atoms with Gasteiger partial charge in [0.25, 0.3) is 0 Å². The SMILES string of the molecule is [C-]#[N+]c1cc2c(c3c1C1(c4ccccc4Oc4ccccc41)c1cccc(-c4ccccc4)c1-3)c1cc(C34CC5CC(CC(C5)C3)C4)cc3c4c5c(c(C#N)cc4n2c31)C1(c2ccccc2Oc2ccccc21)c1cccc(-c2ccccc2)c1-5. The number of aromatic nitrogens is 1. The number of hydrogen-bond acceptors (Lipinski definition) is 3. The van der Waals surface area contributed by atoms with Gasteiger partial charge in [0.1, 0.15) is 23.0 Å². The highest BCUT2D eigenvalue weighted by Gasteiger charge is 2.57. The molecule has 0 N–H and O–H groups in total. The summed E-state index contributed by atoms with van der Waals surface area (Å²) in [5, 5.41) is 17.0. The Morgan fingerprint density at radius 2 is 0.859 bits per heavy atom. The summed E-state index contributed by atoms with van der Waals surface area (Å²) in [7, 11) is 0. The fourth-order valence-corrected chi connectivity index (χ4v) is 19.4. The zero-order valence-corrected chi connectivity index (χ0v) is 46.4. The molecule has 85 heavy (non-hydrogen) atoms. The predicted molar refractivity (Wildman–Crippen MR) is 338 cm³/mol. The van der Waals surface area contributed by atoms with E-state index in [4.69, 9.17) is 14.3 Å². The minimum atomic E-state index is -0.906. The lowest BCUT2D eigenvalue weighted by molar-refractivity contribution is -0.00508. The number of nitriles is 1. The lowest BCUT2D eigenvalue weighted by Gasteiger charge is -2.57. The Hall–Kier alpha value is -10.2. The van der Waals surface area contributed by atoms with Crippen LogP contribution < -0.4 is 9.47 Å². The third kappa shape index (κ3) is 5.51. The van der Waals surface area contributed by atoms with Gasteiger partial charge in [-0.05, 0) is 183 Å². The molecule has 5 nitrogen and oxygen atoms in total. The molecule has 0 atom stereocenters. The van der Waals surface area contributed by atoms with Crippen LogP contribution in [0.3, 0.4) is 0 Å². The van der Waals surface area contributed by atoms with Crippen molar-refractivity contribution in [2.75, 3.05) is 0 Å². The molecule has 0 saturated heterocycles. The van der Waals surface area contributed by atoms with Gasteiger partial charge >= 0.3 is 0 Å². The Morgan fingerprint density at radius 1 is 0.447 bits per heavy atom. The van der Waals surface area contributed by atoms with Crippen molar-refractivity contribution in [2.45, 2.75) is 54.8 Å². The average molecular weight is 1090 g/mol. The lowest BCUT2D eigenvalue weighted by atomic mass is 9.48. The molecule has 4 heterocycles. The smallest absolute Gasteiger partial charge is 0.194 e. The van der Waals surface area contributed by atoms with Gasteiger partial charge < -0.3 is 13.9 Å². The normalized spacial score (nSPS) is 20.5. The molecule has 2 aromatic heterocycles. The first-order valence-electron chi connectivity index (χ1n) is 30.3. The maximum atomic E-state index is 12.2. The molecule has 5 heteroatoms. The van der Waals surface area contributed by atoms with Crippen molar-refractivity contribution in [3.63, 3.8) is 0 Å². The molecule has 8 aliphatic rings. The van der Waals surface area contributed by atoms with Crippen molar-refractivity contribution < 1.29 is 9.47 Å². The molecular weight excluding hydrogens is 1030 g/mol. The van der Waals surface area contributed by atoms with E-state index in [2.05, 4.69) is 229 Å². The van der Waals surface area contributed by atoms with Crippen molar-refractivity contribution in [1.29, 1.82) is 5.26 Å². The molecule has 2 spiro atoms. The van der Waals surface area contributed by atoms with E-state index in [-0.39, 0.29) is 5.41 Å². The molecule has 21 rings (SSSR count). The zero-order chi connectivity index (χ0) is 55.7. The van der Waals surface area contributed by atoms with Gasteiger partial charge in [-0.1, -0.05) is 170 Å². The van der Waals surface area contributed by atoms with Crippen LogP contribution in [0.5, 0.6) is 23.0 Å². The van der Waals surface area contributed by atoms with Gasteiger partial charge in [-0.15, -0.1) is 0 Å². The maximum Gasteiger partial charge on any atom is 0.194 e. The number of para-hydroxylation sites is 4. The molecule has 6 aliphatic carbocycles. The summed E-state index contributed by atoms with van der Waals surface area (Å²) in [6, 6.07) is 82.2. The summed E-state index contributed by atoms with van der Waals surface area (Å²) in [6.07, 6.45) is 7.64. The predicted octanol–water partition coefficient (Wildman–Crippen LogP) is 20.0. The Morgan fingerprint density at radius 3 is 1.32 bits per heavy atom. The van der Waals surface area contributed by atoms with E-state index in [9.17, 15) is 11.8 Å². The van der Waals surface area contributed by atoms with E-state index in [1.165, 1.54) is 54.9 Å². The number of nitrogens with zero attached hydrogens (tertiary/aromatic N) is 3. The van der Waals surface area contributed by atoms with E-state index in [1.54, 1.807) is 0 Å². The largest absolute Gasteiger partial charge is 0.457 e. The van der Waals surface area contributed by atoms with Crippen LogP contribution in [-0.4, -0.2) is 4.40 Å². The lowest BCUT2D eigenvalue weighted by Crippen LogP contribution is -2.48. The fraction of sp³-hybridized carbons (Fsp3) is 0.150. The van der Waals surface area contributed by atoms with E-state index >= 15 is 0 Å². The van der Waals surface area contributed by atoms with Crippen molar-refractivity contribution in [1.82, 2.24) is 4.40 Å². The molecule has 0 radical (unpaired) electrons. The van der Waals surface area contributed by atoms with Gasteiger partial charge in [0, 0.05) is 49.3 Å². The van der Waals surface area contributed by atoms with E-state index in [0.717, 1.165) is 157 Å². The minimum Gasteiger partial charge on any atom is -0.457 e. The highest BCUT2D eigenvalue weighted by molar-refractivity contribution is 6.31. The van der Waals surface area contributed by atoms with Gasteiger partial charge in [0.15, 0.2) is 5.69 Å². The number of rotatable bonds is 3. The molecule has 398 valence electrons. The summed E-state index contributed by atoms with van der Waals surface area (Å²) in [6.45, 7) is 9.58. The summed E-state index contributed by atoms with van der Waals surface area (Å²) in [5.74, 6) is 5.35. The van der Waals surface area contributed by atoms with Crippen molar-refractivity contribution >= 4 is 43.8 Å². The Kier molecular flexibility index (Phi) is 8.78. The molecular formula is C80H51N3O2. The van der Waals surface area contributed by atoms with Crippen molar-refractivity contribution in [2.24, 2.45) is 17.8 Å². The van der Waals surface area contributed by atoms with Gasteiger partial charge in [0.2, 0.25) is 0 Å². The number of hydrogen-bond donors (Lipinski definition) is 0. The van der Waals surface area contributed by atoms with Crippen LogP contribution in [0, 0.1) is 35.7 Å². The molecule has 0 unspecified atom stereocenters. The second-order valence-electron chi connectivity index (χ2n) is 25.7. The van der Waals surface area contributed by atoms with Crippen LogP contribution in [0.15, 0.2) is 218 Å². The number of ether oxygens (including phenoxy) is 2. The van der Waals surface area contributed by atoms with Gasteiger partial charge in [-0.3, -0.25) is 0 Å². The third-order valence-electron chi connectivity index (χ3n) is 21.8. The monoisotopic (exact) mass is 1090 g/mol. The summed E-state index contributed by atoms with van der Waals surface area (Å²) in [5.41, 5.74) is 21.4. The van der Waals surface area contributed by atoms with Crippen molar-refractivity contribution in [3.8, 4) is 73.6 Å². The average Bonchev–Trinajstić information content (AvgIpc) is 1.51. The second kappa shape index (κ2) is 16.1. The highest BCUT2D eigenvalue weighted by atomic mass is 16.5. The van der Waals surface area contributed by atoms with Crippen molar-refractivity contribution in [3.05, 3.63) is 285 Å². The first-order valence-corrected chi connectivity index (χ1v) is 30.3. The number of fused-ring (bicyclic) bond motifs is 26. The van der Waals surface area contributed by atoms with E-state index in [1.807, 2.05) is 0 Å². The fourth-order valence-electron chi connectivity index (χ4n) is 19.4. The summed E-state index contributed by atoms with van der Waals surface area (Å²) < 4.78 is 16.3. The minimum absolute atomic E-state index is 0.0197. The van der Waals surface area contributed by atoms with Crippen LogP contribution >= 0.6 is 0 Å². The highest BCUT2D eigenvalue weighted by Crippen LogP contribution is 2.70. The van der Waals surface area contributed by atoms with Gasteiger partial charge in [-0.2, -0.15) is 5.26 Å². The first-order chi connectivity index (χ1) is 42.0. The zero-order valence-electron chi connectivity index (χ0n) is 46.4. The second-order valence-corrected chi connectivity index (χ2v) is 25.7. The molecule has 0 amide bonds. The van der Waals surface area contributed by atoms with Gasteiger partial charge in [0.05, 0.1) is 40.1 Å². The molecule has 4 saturated carbocycles. The number of benzene rings is 11. The summed E-state index contributed by atoms with van der Waals surface area (Å²) >= 11 is 0. The van der Waals surface area contributed by atoms with Crippen LogP contribution in [0.2, 0.25) is 0 Å². The van der Waals surface area contributed by atoms with Crippen LogP contribution in [0.4, 0.5) is 5.69 Å². The molecule has 2 aliphatic heterocycles. The van der Waals surface area contributed by atoms with Crippen LogP contribution in [0.25, 0.3) is 87.4 Å². The Labute approximate surface area is 491 Å². The summed E-state index contributed by atoms with van der Waals surface area (Å²) in [4.78, 5) is 4.73. The van der Waals surface area contributed by atoms with Gasteiger partial charge in [-0.25, -0.2) is 4.85 Å². The molecule has 13 aromatic rings. The molecule has 4 fully saturated rings. The molecule has 11 aromatic carbocycles. The van der Waals surface area contributed by atoms with Crippen LogP contribution in [0.1, 0.15) is 94.2 Å². The quantitative estimate of drug-likeness (QED) is 0.166. The van der Waals surface area contributed by atoms with E-state index < -0.39 is 10.8 Å². The topological polar surface area (TPSA) is 51.0 Å². The standard InChI is InChI=1S/C80H51N3O2/c1-82-62-40-64-72(74-70-53(49-20-6-3-7-21-49)23-17-29-61(70)80(76(62)74)58-26-10-14-32-67(58)85-68-33-15-11-27-59(68)80)55-39-51(78-41-45-34-46(42-78)36-47(35-45)43-78)38-54-71-63(83(64)77(54)55)37-50(44-81)75-73(71)69-52(48-18-4-2-5-19-48)22-16-28-60(69)79(75)56-24-8-12-30-65(56)84-66-31-13-9-25-57(66)79/h2-33,37-40,45-47H,34-36,41-43H2. The Balaban J connectivity index is 1.02. The third-order valence-corrected chi connectivity index (χ3v) is 21.8. The molecule has 4 bridgehead atoms. The van der Waals surface area contributed by atoms with Crippen LogP contribution in [-0.2, 0) is 16.2 Å². The maximum absolute atomic E-state index is 12.2. The van der Waals surface area contributed by atoms with E-state index in [0.29, 0.717) is 11.3 Å². The first kappa shape index (κ1) is 46.3. The Bertz CT molecular complexity index is 4840.